The summed E-state index contributed by atoms with van der Waals surface area (Å²) in [7, 11) is 0. The lowest BCUT2D eigenvalue weighted by Crippen LogP contribution is -2.20. The second kappa shape index (κ2) is 7.10. The second-order valence-corrected chi connectivity index (χ2v) is 4.93. The van der Waals surface area contributed by atoms with Gasteiger partial charge in [0.1, 0.15) is 0 Å². The highest BCUT2D eigenvalue weighted by Gasteiger charge is 2.03. The van der Waals surface area contributed by atoms with E-state index in [1.165, 1.54) is 11.1 Å². The highest BCUT2D eigenvalue weighted by molar-refractivity contribution is 5.24. The van der Waals surface area contributed by atoms with Gasteiger partial charge in [0.2, 0.25) is 0 Å². The average molecular weight is 257 g/mol. The van der Waals surface area contributed by atoms with Crippen LogP contribution in [0.4, 0.5) is 0 Å². The number of nitrogens with one attached hydrogen (secondary N) is 1. The second-order valence-electron chi connectivity index (χ2n) is 4.93. The molecule has 1 aromatic carbocycles. The molecule has 1 aromatic heterocycles. The van der Waals surface area contributed by atoms with Gasteiger partial charge in [-0.05, 0) is 37.4 Å². The molecule has 1 heterocycles. The van der Waals surface area contributed by atoms with E-state index in [4.69, 9.17) is 0 Å². The summed E-state index contributed by atoms with van der Waals surface area (Å²) in [5.41, 5.74) is 2.76. The van der Waals surface area contributed by atoms with Crippen LogP contribution in [0.3, 0.4) is 0 Å². The highest BCUT2D eigenvalue weighted by atomic mass is 15.0. The van der Waals surface area contributed by atoms with E-state index in [0.717, 1.165) is 25.9 Å². The van der Waals surface area contributed by atoms with Gasteiger partial charge in [-0.2, -0.15) is 0 Å². The molecule has 1 N–H and O–H groups in total. The predicted octanol–water partition coefficient (Wildman–Crippen LogP) is 3.19. The van der Waals surface area contributed by atoms with E-state index in [0.29, 0.717) is 6.04 Å². The molecule has 3 nitrogen and oxygen atoms in total. The van der Waals surface area contributed by atoms with Crippen molar-refractivity contribution in [3.63, 3.8) is 0 Å². The number of hydrogen-bond donors (Lipinski definition) is 1. The Morgan fingerprint density at radius 3 is 2.68 bits per heavy atom. The summed E-state index contributed by atoms with van der Waals surface area (Å²) in [6, 6.07) is 9.31. The molecule has 2 rings (SSSR count). The number of aryl methyl sites for hydroxylation is 2. The fourth-order valence-corrected chi connectivity index (χ4v) is 2.16. The first-order valence-electron chi connectivity index (χ1n) is 7.07. The quantitative estimate of drug-likeness (QED) is 0.772. The monoisotopic (exact) mass is 257 g/mol. The largest absolute Gasteiger partial charge is 0.337 e. The van der Waals surface area contributed by atoms with Gasteiger partial charge in [0.25, 0.3) is 0 Å². The Labute approximate surface area is 115 Å². The van der Waals surface area contributed by atoms with Crippen molar-refractivity contribution in [3.8, 4) is 0 Å². The molecule has 102 valence electrons. The van der Waals surface area contributed by atoms with Crippen LogP contribution in [-0.4, -0.2) is 16.1 Å². The number of nitrogens with zero attached hydrogens (tertiary/aromatic N) is 2. The maximum Gasteiger partial charge on any atom is 0.0945 e. The van der Waals surface area contributed by atoms with Crippen molar-refractivity contribution in [2.45, 2.75) is 39.3 Å². The summed E-state index contributed by atoms with van der Waals surface area (Å²) < 4.78 is 2.11. The first-order valence-corrected chi connectivity index (χ1v) is 7.07. The van der Waals surface area contributed by atoms with Crippen molar-refractivity contribution in [1.29, 1.82) is 0 Å². The molecule has 0 spiro atoms. The van der Waals surface area contributed by atoms with Crippen molar-refractivity contribution in [1.82, 2.24) is 14.9 Å². The van der Waals surface area contributed by atoms with Gasteiger partial charge in [0, 0.05) is 25.0 Å². The fraction of sp³-hybridized carbons (Fsp3) is 0.438. The zero-order chi connectivity index (χ0) is 13.5. The Kier molecular flexibility index (Phi) is 5.16. The number of rotatable bonds is 7. The molecule has 0 bridgehead atoms. The molecule has 19 heavy (non-hydrogen) atoms. The van der Waals surface area contributed by atoms with E-state index in [1.807, 2.05) is 18.7 Å². The van der Waals surface area contributed by atoms with Gasteiger partial charge in [-0.1, -0.05) is 31.2 Å². The molecule has 1 unspecified atom stereocenters. The van der Waals surface area contributed by atoms with Gasteiger partial charge in [-0.15, -0.1) is 0 Å². The number of hydrogen-bond acceptors (Lipinski definition) is 2. The molecule has 0 saturated heterocycles. The van der Waals surface area contributed by atoms with Crippen molar-refractivity contribution in [3.05, 3.63) is 54.1 Å². The van der Waals surface area contributed by atoms with Crippen LogP contribution in [-0.2, 0) is 13.0 Å². The molecule has 0 aliphatic carbocycles. The lowest BCUT2D eigenvalue weighted by Gasteiger charge is -2.14. The van der Waals surface area contributed by atoms with E-state index in [2.05, 4.69) is 53.0 Å². The van der Waals surface area contributed by atoms with Crippen LogP contribution >= 0.6 is 0 Å². The van der Waals surface area contributed by atoms with Crippen LogP contribution in [0.5, 0.6) is 0 Å². The number of imidazole rings is 1. The van der Waals surface area contributed by atoms with Crippen LogP contribution in [0.2, 0.25) is 0 Å². The van der Waals surface area contributed by atoms with Crippen LogP contribution in [0.1, 0.15) is 37.4 Å². The minimum atomic E-state index is 0.411. The summed E-state index contributed by atoms with van der Waals surface area (Å²) in [5, 5.41) is 3.57. The van der Waals surface area contributed by atoms with Gasteiger partial charge < -0.3 is 9.88 Å². The summed E-state index contributed by atoms with van der Waals surface area (Å²) in [6.45, 7) is 6.45. The maximum absolute atomic E-state index is 4.04. The van der Waals surface area contributed by atoms with E-state index in [-0.39, 0.29) is 0 Å². The predicted molar refractivity (Wildman–Crippen MR) is 79.1 cm³/mol. The highest BCUT2D eigenvalue weighted by Crippen LogP contribution is 2.13. The topological polar surface area (TPSA) is 29.9 Å². The third-order valence-corrected chi connectivity index (χ3v) is 3.49. The smallest absolute Gasteiger partial charge is 0.0945 e. The van der Waals surface area contributed by atoms with E-state index in [1.54, 1.807) is 0 Å². The average Bonchev–Trinajstić information content (AvgIpc) is 2.96. The Hall–Kier alpha value is -1.61. The van der Waals surface area contributed by atoms with Gasteiger partial charge >= 0.3 is 0 Å². The molecule has 2 aromatic rings. The van der Waals surface area contributed by atoms with Crippen LogP contribution in [0.25, 0.3) is 0 Å². The first-order chi connectivity index (χ1) is 9.29. The van der Waals surface area contributed by atoms with Crippen molar-refractivity contribution in [2.24, 2.45) is 0 Å². The van der Waals surface area contributed by atoms with Crippen molar-refractivity contribution >= 4 is 0 Å². The lowest BCUT2D eigenvalue weighted by molar-refractivity contribution is 0.526. The third-order valence-electron chi connectivity index (χ3n) is 3.49. The number of benzene rings is 1. The molecule has 0 radical (unpaired) electrons. The normalized spacial score (nSPS) is 12.5. The molecule has 0 saturated carbocycles. The maximum atomic E-state index is 4.04. The third kappa shape index (κ3) is 4.21. The molecule has 0 aliphatic heterocycles. The van der Waals surface area contributed by atoms with Gasteiger partial charge in [0.15, 0.2) is 0 Å². The molecule has 0 amide bonds. The SMILES string of the molecule is CCc1ccc(C(C)NCCCn2ccnc2)cc1. The molecule has 0 aliphatic rings. The van der Waals surface area contributed by atoms with E-state index < -0.39 is 0 Å². The Balaban J connectivity index is 1.72. The fourth-order valence-electron chi connectivity index (χ4n) is 2.16. The minimum Gasteiger partial charge on any atom is -0.337 e. The van der Waals surface area contributed by atoms with Crippen molar-refractivity contribution < 1.29 is 0 Å². The van der Waals surface area contributed by atoms with E-state index >= 15 is 0 Å². The van der Waals surface area contributed by atoms with Gasteiger partial charge in [-0.25, -0.2) is 4.98 Å². The van der Waals surface area contributed by atoms with Crippen LogP contribution < -0.4 is 5.32 Å². The van der Waals surface area contributed by atoms with Crippen LogP contribution in [0.15, 0.2) is 43.0 Å². The summed E-state index contributed by atoms with van der Waals surface area (Å²) in [4.78, 5) is 4.04. The number of aromatic nitrogens is 2. The van der Waals surface area contributed by atoms with Gasteiger partial charge in [-0.3, -0.25) is 0 Å². The molecular formula is C16H23N3. The summed E-state index contributed by atoms with van der Waals surface area (Å²) >= 11 is 0. The first kappa shape index (κ1) is 13.8. The molecule has 1 atom stereocenters. The molecule has 0 fully saturated rings. The Bertz CT molecular complexity index is 459. The Morgan fingerprint density at radius 1 is 1.26 bits per heavy atom. The summed E-state index contributed by atoms with van der Waals surface area (Å²) in [6.07, 6.45) is 7.92. The zero-order valence-corrected chi connectivity index (χ0v) is 11.8. The standard InChI is InChI=1S/C16H23N3/c1-3-15-5-7-16(8-6-15)14(2)18-9-4-11-19-12-10-17-13-19/h5-8,10,12-14,18H,3-4,9,11H2,1-2H3. The summed E-state index contributed by atoms with van der Waals surface area (Å²) in [5.74, 6) is 0. The minimum absolute atomic E-state index is 0.411. The van der Waals surface area contributed by atoms with Crippen molar-refractivity contribution in [2.75, 3.05) is 6.54 Å². The molecular weight excluding hydrogens is 234 g/mol. The Morgan fingerprint density at radius 2 is 2.05 bits per heavy atom. The lowest BCUT2D eigenvalue weighted by atomic mass is 10.1. The van der Waals surface area contributed by atoms with E-state index in [9.17, 15) is 0 Å². The molecule has 3 heteroatoms. The van der Waals surface area contributed by atoms with Crippen LogP contribution in [0, 0.1) is 0 Å². The van der Waals surface area contributed by atoms with Gasteiger partial charge in [0.05, 0.1) is 6.33 Å². The zero-order valence-electron chi connectivity index (χ0n) is 11.8.